The van der Waals surface area contributed by atoms with Crippen LogP contribution in [0.2, 0.25) is 0 Å². The van der Waals surface area contributed by atoms with Crippen molar-refractivity contribution in [3.05, 3.63) is 152 Å². The van der Waals surface area contributed by atoms with Crippen molar-refractivity contribution in [3.63, 3.8) is 0 Å². The smallest absolute Gasteiger partial charge is 0.158 e. The van der Waals surface area contributed by atoms with Crippen LogP contribution >= 0.6 is 11.3 Å². The van der Waals surface area contributed by atoms with Gasteiger partial charge in [-0.3, -0.25) is 9.13 Å². The van der Waals surface area contributed by atoms with Crippen LogP contribution in [0.15, 0.2) is 141 Å². The van der Waals surface area contributed by atoms with Crippen LogP contribution in [0.4, 0.5) is 0 Å². The van der Waals surface area contributed by atoms with E-state index in [-0.39, 0.29) is 0 Å². The summed E-state index contributed by atoms with van der Waals surface area (Å²) in [6.07, 6.45) is 3.84. The molecule has 0 spiro atoms. The van der Waals surface area contributed by atoms with Crippen LogP contribution in [0.3, 0.4) is 0 Å². The maximum absolute atomic E-state index is 5.55. The number of hydrogen-bond acceptors (Lipinski definition) is 2. The molecule has 0 unspecified atom stereocenters. The molecule has 3 nitrogen and oxygen atoms in total. The van der Waals surface area contributed by atoms with E-state index in [0.29, 0.717) is 0 Å². The number of pyridine rings is 1. The molecule has 0 aliphatic heterocycles. The Hall–Kier alpha value is -5.71. The molecule has 0 bridgehead atoms. The van der Waals surface area contributed by atoms with Gasteiger partial charge in [-0.15, -0.1) is 11.3 Å². The molecule has 0 radical (unpaired) electrons. The van der Waals surface area contributed by atoms with Gasteiger partial charge in [-0.2, -0.15) is 0 Å². The molecule has 9 aromatic rings. The van der Waals surface area contributed by atoms with Gasteiger partial charge in [-0.1, -0.05) is 110 Å². The van der Waals surface area contributed by atoms with Gasteiger partial charge in [0.2, 0.25) is 0 Å². The summed E-state index contributed by atoms with van der Waals surface area (Å²) in [4.78, 5) is 5.55. The largest absolute Gasteiger partial charge is 0.294 e. The lowest BCUT2D eigenvalue weighted by atomic mass is 10.0. The first-order valence-electron chi connectivity index (χ1n) is 15.0. The molecule has 45 heavy (non-hydrogen) atoms. The van der Waals surface area contributed by atoms with Crippen molar-refractivity contribution in [2.75, 3.05) is 0 Å². The second-order valence-electron chi connectivity index (χ2n) is 11.3. The Bertz CT molecular complexity index is 2580. The van der Waals surface area contributed by atoms with Crippen molar-refractivity contribution in [2.24, 2.45) is 0 Å². The molecule has 212 valence electrons. The van der Waals surface area contributed by atoms with E-state index in [1.807, 2.05) is 12.2 Å². The number of rotatable bonds is 5. The molecule has 0 aliphatic rings. The molecule has 0 N–H and O–H groups in total. The Morgan fingerprint density at radius 3 is 1.82 bits per heavy atom. The number of para-hydroxylation sites is 3. The maximum atomic E-state index is 5.55. The Labute approximate surface area is 264 Å². The van der Waals surface area contributed by atoms with Crippen LogP contribution in [0, 0.1) is 0 Å². The number of aromatic nitrogens is 3. The summed E-state index contributed by atoms with van der Waals surface area (Å²) in [5.74, 6) is 1.78. The standard InChI is InChI=1S/C41H27N3S/c1-3-28-29-16-8-11-19-35(29)43(34(28)4-2)39-25-33-32-24-27(26-14-6-5-7-15-26)22-23-38(32)45-40(33)41(42-39)44-36-20-12-9-17-30(36)31-18-10-13-21-37(31)44/h3-25H,1-2H2. The van der Waals surface area contributed by atoms with E-state index < -0.39 is 0 Å². The first-order chi connectivity index (χ1) is 22.2. The van der Waals surface area contributed by atoms with Crippen LogP contribution in [-0.2, 0) is 0 Å². The van der Waals surface area contributed by atoms with E-state index in [0.717, 1.165) is 49.5 Å². The van der Waals surface area contributed by atoms with Crippen molar-refractivity contribution in [2.45, 2.75) is 0 Å². The third-order valence-electron chi connectivity index (χ3n) is 8.90. The summed E-state index contributed by atoms with van der Waals surface area (Å²) < 4.78 is 6.98. The number of fused-ring (bicyclic) bond motifs is 7. The van der Waals surface area contributed by atoms with Crippen LogP contribution in [0.1, 0.15) is 11.3 Å². The van der Waals surface area contributed by atoms with Crippen molar-refractivity contribution in [1.82, 2.24) is 14.1 Å². The molecule has 0 saturated heterocycles. The zero-order valence-electron chi connectivity index (χ0n) is 24.4. The van der Waals surface area contributed by atoms with Gasteiger partial charge in [-0.05, 0) is 53.6 Å². The molecular formula is C41H27N3S. The SMILES string of the molecule is C=Cc1c(C=C)n(-c2cc3c(sc4ccc(-c5ccccc5)cc43)c(-n3c4ccccc4c4ccccc43)n2)c2ccccc12. The quantitative estimate of drug-likeness (QED) is 0.195. The molecule has 0 saturated carbocycles. The van der Waals surface area contributed by atoms with Crippen LogP contribution in [-0.4, -0.2) is 14.1 Å². The van der Waals surface area contributed by atoms with Gasteiger partial charge in [0.15, 0.2) is 5.82 Å². The summed E-state index contributed by atoms with van der Waals surface area (Å²) in [5.41, 5.74) is 7.80. The maximum Gasteiger partial charge on any atom is 0.158 e. The third kappa shape index (κ3) is 3.73. The summed E-state index contributed by atoms with van der Waals surface area (Å²) in [5, 5.41) is 5.97. The van der Waals surface area contributed by atoms with Crippen LogP contribution < -0.4 is 0 Å². The molecule has 0 fully saturated rings. The average molecular weight is 594 g/mol. The van der Waals surface area contributed by atoms with Crippen molar-refractivity contribution < 1.29 is 0 Å². The molecule has 4 aromatic heterocycles. The number of nitrogens with zero attached hydrogens (tertiary/aromatic N) is 3. The molecule has 4 heterocycles. The first-order valence-corrected chi connectivity index (χ1v) is 15.9. The van der Waals surface area contributed by atoms with E-state index in [4.69, 9.17) is 4.98 Å². The molecule has 9 rings (SSSR count). The van der Waals surface area contributed by atoms with Gasteiger partial charge in [0.1, 0.15) is 5.82 Å². The fourth-order valence-corrected chi connectivity index (χ4v) is 8.06. The van der Waals surface area contributed by atoms with E-state index in [2.05, 4.69) is 150 Å². The Morgan fingerprint density at radius 2 is 1.16 bits per heavy atom. The fourth-order valence-electron chi connectivity index (χ4n) is 6.92. The van der Waals surface area contributed by atoms with E-state index in [1.165, 1.54) is 37.4 Å². The van der Waals surface area contributed by atoms with Gasteiger partial charge in [0.05, 0.1) is 26.9 Å². The van der Waals surface area contributed by atoms with E-state index >= 15 is 0 Å². The predicted molar refractivity (Wildman–Crippen MR) is 194 cm³/mol. The molecule has 4 heteroatoms. The number of thiophene rings is 1. The van der Waals surface area contributed by atoms with Gasteiger partial charge in [0.25, 0.3) is 0 Å². The minimum Gasteiger partial charge on any atom is -0.294 e. The molecular weight excluding hydrogens is 567 g/mol. The van der Waals surface area contributed by atoms with Crippen molar-refractivity contribution in [3.8, 4) is 22.8 Å². The zero-order valence-corrected chi connectivity index (χ0v) is 25.3. The minimum absolute atomic E-state index is 0.850. The lowest BCUT2D eigenvalue weighted by Crippen LogP contribution is -2.05. The highest BCUT2D eigenvalue weighted by Crippen LogP contribution is 2.43. The lowest BCUT2D eigenvalue weighted by molar-refractivity contribution is 1.00. The van der Waals surface area contributed by atoms with E-state index in [1.54, 1.807) is 11.3 Å². The minimum atomic E-state index is 0.850. The van der Waals surface area contributed by atoms with E-state index in [9.17, 15) is 0 Å². The Morgan fingerprint density at radius 1 is 0.533 bits per heavy atom. The highest BCUT2D eigenvalue weighted by molar-refractivity contribution is 7.26. The summed E-state index contributed by atoms with van der Waals surface area (Å²) in [6, 6.07) is 45.4. The van der Waals surface area contributed by atoms with Gasteiger partial charge >= 0.3 is 0 Å². The first kappa shape index (κ1) is 25.8. The monoisotopic (exact) mass is 593 g/mol. The second kappa shape index (κ2) is 9.91. The van der Waals surface area contributed by atoms with Gasteiger partial charge in [-0.25, -0.2) is 4.98 Å². The summed E-state index contributed by atoms with van der Waals surface area (Å²) in [7, 11) is 0. The van der Waals surface area contributed by atoms with Crippen LogP contribution in [0.25, 0.3) is 87.8 Å². The molecule has 0 amide bonds. The highest BCUT2D eigenvalue weighted by atomic mass is 32.1. The van der Waals surface area contributed by atoms with Crippen molar-refractivity contribution >= 4 is 76.4 Å². The highest BCUT2D eigenvalue weighted by Gasteiger charge is 2.22. The van der Waals surface area contributed by atoms with Gasteiger partial charge in [0, 0.05) is 37.2 Å². The topological polar surface area (TPSA) is 22.8 Å². The fraction of sp³-hybridized carbons (Fsp3) is 0. The molecule has 5 aromatic carbocycles. The van der Waals surface area contributed by atoms with Crippen LogP contribution in [0.5, 0.6) is 0 Å². The summed E-state index contributed by atoms with van der Waals surface area (Å²) >= 11 is 1.81. The predicted octanol–water partition coefficient (Wildman–Crippen LogP) is 11.4. The number of hydrogen-bond donors (Lipinski definition) is 0. The molecule has 0 aliphatic carbocycles. The molecule has 0 atom stereocenters. The Balaban J connectivity index is 1.46. The zero-order chi connectivity index (χ0) is 30.1. The summed E-state index contributed by atoms with van der Waals surface area (Å²) in [6.45, 7) is 8.38. The Kier molecular flexibility index (Phi) is 5.67. The normalized spacial score (nSPS) is 11.7. The third-order valence-corrected chi connectivity index (χ3v) is 10.1. The lowest BCUT2D eigenvalue weighted by Gasteiger charge is -2.14. The number of benzene rings is 5. The van der Waals surface area contributed by atoms with Crippen molar-refractivity contribution in [1.29, 1.82) is 0 Å². The van der Waals surface area contributed by atoms with Gasteiger partial charge < -0.3 is 0 Å². The average Bonchev–Trinajstić information content (AvgIpc) is 3.75. The second-order valence-corrected chi connectivity index (χ2v) is 12.3.